The molecule has 1 fully saturated rings. The fourth-order valence-corrected chi connectivity index (χ4v) is 6.20. The van der Waals surface area contributed by atoms with Crippen LogP contribution in [0.2, 0.25) is 0 Å². The van der Waals surface area contributed by atoms with E-state index in [0.717, 1.165) is 38.9 Å². The average Bonchev–Trinajstić information content (AvgIpc) is 3.15. The lowest BCUT2D eigenvalue weighted by Crippen LogP contribution is -2.58. The van der Waals surface area contributed by atoms with Gasteiger partial charge in [-0.1, -0.05) is 140 Å². The van der Waals surface area contributed by atoms with E-state index >= 15 is 0 Å². The van der Waals surface area contributed by atoms with E-state index in [-0.39, 0.29) is 0 Å². The van der Waals surface area contributed by atoms with Crippen LogP contribution in [0.3, 0.4) is 0 Å². The molecule has 1 aliphatic rings. The summed E-state index contributed by atoms with van der Waals surface area (Å²) in [5.74, 6) is 0. The maximum Gasteiger partial charge on any atom is 0.117 e. The average molecular weight is 654 g/mol. The van der Waals surface area contributed by atoms with Crippen molar-refractivity contribution in [2.45, 2.75) is 70.3 Å². The van der Waals surface area contributed by atoms with E-state index in [1.807, 2.05) is 79.7 Å². The lowest BCUT2D eigenvalue weighted by Gasteiger charge is -2.46. The Morgan fingerprint density at radius 1 is 0.571 bits per heavy atom. The van der Waals surface area contributed by atoms with Gasteiger partial charge >= 0.3 is 0 Å². The largest absolute Gasteiger partial charge is 0.374 e. The minimum absolute atomic E-state index is 0.290. The molecular weight excluding hydrogens is 610 g/mol. The molecule has 1 saturated heterocycles. The highest BCUT2D eigenvalue weighted by atomic mass is 16.6. The molecule has 1 aliphatic heterocycles. The standard InChI is InChI=1S/C43H43NO5/c1-32-22-23-38(26-37(32)24-25-44)40-42(47-29-35-18-10-4-11-19-35)43(48-30-36-20-12-5-13-21-36)41(46-28-34-16-8-3-9-17-34)39(49-40)31-45-27-33-14-6-2-7-15-33/h2-23,26,39-43H,24,27-31H2,1H3/t39-,40?,41-,42?,43?/m1/s1. The molecule has 6 nitrogen and oxygen atoms in total. The van der Waals surface area contributed by atoms with Gasteiger partial charge in [0.25, 0.3) is 0 Å². The monoisotopic (exact) mass is 653 g/mol. The topological polar surface area (TPSA) is 69.9 Å². The third kappa shape index (κ3) is 9.51. The summed E-state index contributed by atoms with van der Waals surface area (Å²) in [6, 6.07) is 49.1. The van der Waals surface area contributed by atoms with Gasteiger partial charge in [-0.15, -0.1) is 0 Å². The molecule has 49 heavy (non-hydrogen) atoms. The third-order valence-electron chi connectivity index (χ3n) is 8.85. The Balaban J connectivity index is 1.37. The van der Waals surface area contributed by atoms with Crippen molar-refractivity contribution >= 4 is 0 Å². The molecule has 0 N–H and O–H groups in total. The molecule has 0 amide bonds. The number of ether oxygens (including phenoxy) is 5. The molecule has 0 bridgehead atoms. The predicted octanol–water partition coefficient (Wildman–Crippen LogP) is 8.47. The zero-order valence-corrected chi connectivity index (χ0v) is 27.9. The highest BCUT2D eigenvalue weighted by molar-refractivity contribution is 5.35. The van der Waals surface area contributed by atoms with Crippen LogP contribution in [-0.2, 0) is 56.5 Å². The summed E-state index contributed by atoms with van der Waals surface area (Å²) in [4.78, 5) is 0. The molecule has 5 aromatic carbocycles. The van der Waals surface area contributed by atoms with Gasteiger partial charge in [0, 0.05) is 0 Å². The first kappa shape index (κ1) is 34.3. The Labute approximate surface area is 289 Å². The molecule has 0 aromatic heterocycles. The smallest absolute Gasteiger partial charge is 0.117 e. The van der Waals surface area contributed by atoms with Crippen LogP contribution in [0.4, 0.5) is 0 Å². The number of nitriles is 1. The minimum Gasteiger partial charge on any atom is -0.374 e. The van der Waals surface area contributed by atoms with E-state index in [0.29, 0.717) is 39.5 Å². The van der Waals surface area contributed by atoms with Gasteiger partial charge in [-0.3, -0.25) is 0 Å². The van der Waals surface area contributed by atoms with Crippen LogP contribution >= 0.6 is 0 Å². The molecule has 1 heterocycles. The van der Waals surface area contributed by atoms with Crippen LogP contribution in [0.25, 0.3) is 0 Å². The first-order valence-electron chi connectivity index (χ1n) is 16.9. The van der Waals surface area contributed by atoms with E-state index < -0.39 is 30.5 Å². The Morgan fingerprint density at radius 3 is 1.55 bits per heavy atom. The Hall–Kier alpha value is -4.61. The van der Waals surface area contributed by atoms with Crippen molar-refractivity contribution in [3.63, 3.8) is 0 Å². The number of aryl methyl sites for hydroxylation is 1. The molecule has 6 rings (SSSR count). The highest BCUT2D eigenvalue weighted by Gasteiger charge is 2.49. The third-order valence-corrected chi connectivity index (χ3v) is 8.85. The van der Waals surface area contributed by atoms with Crippen molar-refractivity contribution < 1.29 is 23.7 Å². The number of rotatable bonds is 15. The van der Waals surface area contributed by atoms with Gasteiger partial charge in [-0.25, -0.2) is 0 Å². The molecule has 0 radical (unpaired) electrons. The van der Waals surface area contributed by atoms with Crippen LogP contribution in [0, 0.1) is 18.3 Å². The predicted molar refractivity (Wildman–Crippen MR) is 189 cm³/mol. The maximum atomic E-state index is 9.59. The number of hydrogen-bond donors (Lipinski definition) is 0. The molecule has 0 spiro atoms. The van der Waals surface area contributed by atoms with Crippen LogP contribution in [-0.4, -0.2) is 31.0 Å². The minimum atomic E-state index is -0.535. The molecule has 3 unspecified atom stereocenters. The van der Waals surface area contributed by atoms with Crippen molar-refractivity contribution in [1.82, 2.24) is 0 Å². The SMILES string of the molecule is Cc1ccc(C2O[C@H](COCc3ccccc3)[C@@H](OCc3ccccc3)C(OCc3ccccc3)C2OCc2ccccc2)cc1CC#N. The lowest BCUT2D eigenvalue weighted by molar-refractivity contribution is -0.275. The summed E-state index contributed by atoms with van der Waals surface area (Å²) in [6.07, 6.45) is -2.24. The summed E-state index contributed by atoms with van der Waals surface area (Å²) in [5.41, 5.74) is 7.19. The van der Waals surface area contributed by atoms with Crippen LogP contribution < -0.4 is 0 Å². The lowest BCUT2D eigenvalue weighted by atomic mass is 9.88. The zero-order chi connectivity index (χ0) is 33.7. The second-order valence-corrected chi connectivity index (χ2v) is 12.4. The van der Waals surface area contributed by atoms with Crippen molar-refractivity contribution in [2.24, 2.45) is 0 Å². The van der Waals surface area contributed by atoms with Crippen LogP contribution in [0.5, 0.6) is 0 Å². The molecule has 0 aliphatic carbocycles. The second-order valence-electron chi connectivity index (χ2n) is 12.4. The fraction of sp³-hybridized carbons (Fsp3) is 0.279. The molecule has 250 valence electrons. The van der Waals surface area contributed by atoms with Gasteiger partial charge in [0.2, 0.25) is 0 Å². The van der Waals surface area contributed by atoms with Crippen molar-refractivity contribution in [3.8, 4) is 6.07 Å². The van der Waals surface area contributed by atoms with E-state index in [4.69, 9.17) is 23.7 Å². The van der Waals surface area contributed by atoms with Gasteiger partial charge in [0.05, 0.1) is 45.5 Å². The van der Waals surface area contributed by atoms with Crippen molar-refractivity contribution in [3.05, 3.63) is 178 Å². The molecule has 0 saturated carbocycles. The van der Waals surface area contributed by atoms with E-state index in [9.17, 15) is 5.26 Å². The van der Waals surface area contributed by atoms with Crippen molar-refractivity contribution in [2.75, 3.05) is 6.61 Å². The summed E-state index contributed by atoms with van der Waals surface area (Å²) < 4.78 is 33.9. The van der Waals surface area contributed by atoms with Gasteiger partial charge < -0.3 is 23.7 Å². The van der Waals surface area contributed by atoms with Crippen LogP contribution in [0.1, 0.15) is 45.0 Å². The van der Waals surface area contributed by atoms with E-state index in [2.05, 4.69) is 72.8 Å². The van der Waals surface area contributed by atoms with E-state index in [1.54, 1.807) is 0 Å². The molecule has 5 atom stereocenters. The number of hydrogen-bond acceptors (Lipinski definition) is 6. The summed E-state index contributed by atoms with van der Waals surface area (Å²) in [7, 11) is 0. The van der Waals surface area contributed by atoms with Gasteiger partial charge in [-0.05, 0) is 45.9 Å². The maximum absolute atomic E-state index is 9.59. The van der Waals surface area contributed by atoms with Crippen LogP contribution in [0.15, 0.2) is 140 Å². The van der Waals surface area contributed by atoms with Gasteiger partial charge in [0.15, 0.2) is 0 Å². The van der Waals surface area contributed by atoms with Gasteiger partial charge in [0.1, 0.15) is 30.5 Å². The van der Waals surface area contributed by atoms with E-state index in [1.165, 1.54) is 0 Å². The van der Waals surface area contributed by atoms with Crippen molar-refractivity contribution in [1.29, 1.82) is 5.26 Å². The second kappa shape index (κ2) is 17.7. The highest BCUT2D eigenvalue weighted by Crippen LogP contribution is 2.39. The Bertz CT molecular complexity index is 1740. The quantitative estimate of drug-likeness (QED) is 0.113. The first-order valence-corrected chi connectivity index (χ1v) is 16.9. The summed E-state index contributed by atoms with van der Waals surface area (Å²) >= 11 is 0. The first-order chi connectivity index (χ1) is 24.2. The Morgan fingerprint density at radius 2 is 1.04 bits per heavy atom. The number of benzene rings is 5. The Kier molecular flexibility index (Phi) is 12.4. The molecule has 5 aromatic rings. The summed E-state index contributed by atoms with van der Waals surface area (Å²) in [6.45, 7) is 3.88. The summed E-state index contributed by atoms with van der Waals surface area (Å²) in [5, 5.41) is 9.59. The normalized spacial score (nSPS) is 20.4. The van der Waals surface area contributed by atoms with Gasteiger partial charge in [-0.2, -0.15) is 5.26 Å². The fourth-order valence-electron chi connectivity index (χ4n) is 6.20. The molecular formula is C43H43NO5. The molecule has 6 heteroatoms. The number of nitrogens with zero attached hydrogens (tertiary/aromatic N) is 1. The zero-order valence-electron chi connectivity index (χ0n) is 27.9.